The van der Waals surface area contributed by atoms with Gasteiger partial charge < -0.3 is 5.11 Å². The van der Waals surface area contributed by atoms with E-state index < -0.39 is 23.6 Å². The first-order valence-corrected chi connectivity index (χ1v) is 5.95. The standard InChI is InChI=1S/C15H13F3O/c16-12-8-6-11(14(17)15(12)18)7-9-13(19)10-4-2-1-3-5-10/h1-6,8,13,19H,7,9H2. The van der Waals surface area contributed by atoms with Gasteiger partial charge in [0.2, 0.25) is 0 Å². The average Bonchev–Trinajstić information content (AvgIpc) is 2.45. The fourth-order valence-corrected chi connectivity index (χ4v) is 1.89. The van der Waals surface area contributed by atoms with Crippen molar-refractivity contribution < 1.29 is 18.3 Å². The molecule has 4 heteroatoms. The first-order valence-electron chi connectivity index (χ1n) is 5.95. The highest BCUT2D eigenvalue weighted by Crippen LogP contribution is 2.21. The summed E-state index contributed by atoms with van der Waals surface area (Å²) in [5, 5.41) is 9.91. The van der Waals surface area contributed by atoms with Crippen LogP contribution in [0.4, 0.5) is 13.2 Å². The lowest BCUT2D eigenvalue weighted by Gasteiger charge is -2.11. The van der Waals surface area contributed by atoms with Crippen LogP contribution in [0.15, 0.2) is 42.5 Å². The maximum atomic E-state index is 13.4. The van der Waals surface area contributed by atoms with E-state index in [-0.39, 0.29) is 18.4 Å². The van der Waals surface area contributed by atoms with Crippen LogP contribution in [0.2, 0.25) is 0 Å². The van der Waals surface area contributed by atoms with Crippen LogP contribution in [-0.4, -0.2) is 5.11 Å². The summed E-state index contributed by atoms with van der Waals surface area (Å²) in [5.41, 5.74) is 0.777. The largest absolute Gasteiger partial charge is 0.388 e. The molecule has 0 saturated carbocycles. The Morgan fingerprint density at radius 2 is 1.58 bits per heavy atom. The number of hydrogen-bond donors (Lipinski definition) is 1. The summed E-state index contributed by atoms with van der Waals surface area (Å²) in [7, 11) is 0. The van der Waals surface area contributed by atoms with E-state index in [9.17, 15) is 18.3 Å². The Balaban J connectivity index is 2.05. The van der Waals surface area contributed by atoms with E-state index in [1.54, 1.807) is 24.3 Å². The molecule has 1 N–H and O–H groups in total. The fourth-order valence-electron chi connectivity index (χ4n) is 1.89. The molecule has 0 bridgehead atoms. The molecule has 0 aliphatic rings. The van der Waals surface area contributed by atoms with Crippen LogP contribution in [0.3, 0.4) is 0 Å². The van der Waals surface area contributed by atoms with Gasteiger partial charge >= 0.3 is 0 Å². The van der Waals surface area contributed by atoms with Gasteiger partial charge in [-0.05, 0) is 30.0 Å². The van der Waals surface area contributed by atoms with Crippen LogP contribution in [0.5, 0.6) is 0 Å². The van der Waals surface area contributed by atoms with Crippen molar-refractivity contribution in [2.24, 2.45) is 0 Å². The summed E-state index contributed by atoms with van der Waals surface area (Å²) in [6.45, 7) is 0. The van der Waals surface area contributed by atoms with Crippen LogP contribution < -0.4 is 0 Å². The molecule has 0 amide bonds. The molecule has 100 valence electrons. The molecular formula is C15H13F3O. The van der Waals surface area contributed by atoms with Crippen LogP contribution in [0.25, 0.3) is 0 Å². The highest BCUT2D eigenvalue weighted by Gasteiger charge is 2.15. The summed E-state index contributed by atoms with van der Waals surface area (Å²) >= 11 is 0. The molecule has 1 atom stereocenters. The Morgan fingerprint density at radius 1 is 0.895 bits per heavy atom. The minimum Gasteiger partial charge on any atom is -0.388 e. The maximum absolute atomic E-state index is 13.4. The zero-order chi connectivity index (χ0) is 13.8. The van der Waals surface area contributed by atoms with Crippen molar-refractivity contribution in [2.45, 2.75) is 18.9 Å². The first kappa shape index (κ1) is 13.6. The van der Waals surface area contributed by atoms with Gasteiger partial charge in [0.25, 0.3) is 0 Å². The molecule has 0 saturated heterocycles. The predicted octanol–water partition coefficient (Wildman–Crippen LogP) is 3.77. The van der Waals surface area contributed by atoms with Crippen molar-refractivity contribution in [1.29, 1.82) is 0 Å². The molecule has 0 radical (unpaired) electrons. The Bertz CT molecular complexity index is 555. The molecule has 0 spiro atoms. The molecular weight excluding hydrogens is 253 g/mol. The second-order valence-electron chi connectivity index (χ2n) is 4.30. The smallest absolute Gasteiger partial charge is 0.194 e. The minimum absolute atomic E-state index is 0.0638. The lowest BCUT2D eigenvalue weighted by molar-refractivity contribution is 0.167. The van der Waals surface area contributed by atoms with E-state index in [0.717, 1.165) is 6.07 Å². The van der Waals surface area contributed by atoms with Gasteiger partial charge in [-0.1, -0.05) is 36.4 Å². The summed E-state index contributed by atoms with van der Waals surface area (Å²) in [4.78, 5) is 0. The quantitative estimate of drug-likeness (QED) is 0.835. The van der Waals surface area contributed by atoms with Crippen molar-refractivity contribution in [3.05, 3.63) is 71.0 Å². The molecule has 0 fully saturated rings. The number of benzene rings is 2. The number of aliphatic hydroxyl groups excluding tert-OH is 1. The fraction of sp³-hybridized carbons (Fsp3) is 0.200. The van der Waals surface area contributed by atoms with Gasteiger partial charge in [-0.15, -0.1) is 0 Å². The van der Waals surface area contributed by atoms with Gasteiger partial charge in [0.1, 0.15) is 0 Å². The molecule has 19 heavy (non-hydrogen) atoms. The maximum Gasteiger partial charge on any atom is 0.194 e. The summed E-state index contributed by atoms with van der Waals surface area (Å²) in [5.74, 6) is -3.85. The van der Waals surface area contributed by atoms with Crippen LogP contribution in [0.1, 0.15) is 23.7 Å². The van der Waals surface area contributed by atoms with Crippen molar-refractivity contribution in [3.63, 3.8) is 0 Å². The van der Waals surface area contributed by atoms with Crippen molar-refractivity contribution in [1.82, 2.24) is 0 Å². The second kappa shape index (κ2) is 5.89. The zero-order valence-electron chi connectivity index (χ0n) is 10.1. The molecule has 2 aromatic rings. The van der Waals surface area contributed by atoms with E-state index in [4.69, 9.17) is 0 Å². The number of rotatable bonds is 4. The third-order valence-electron chi connectivity index (χ3n) is 2.99. The Labute approximate surface area is 109 Å². The molecule has 1 unspecified atom stereocenters. The Hall–Kier alpha value is -1.81. The van der Waals surface area contributed by atoms with Crippen LogP contribution >= 0.6 is 0 Å². The zero-order valence-corrected chi connectivity index (χ0v) is 10.1. The number of hydrogen-bond acceptors (Lipinski definition) is 1. The molecule has 0 aromatic heterocycles. The first-order chi connectivity index (χ1) is 9.09. The van der Waals surface area contributed by atoms with E-state index in [0.29, 0.717) is 5.56 Å². The number of aliphatic hydroxyl groups is 1. The van der Waals surface area contributed by atoms with Gasteiger partial charge in [-0.2, -0.15) is 0 Å². The molecule has 2 rings (SSSR count). The minimum atomic E-state index is -1.47. The van der Waals surface area contributed by atoms with Crippen LogP contribution in [0, 0.1) is 17.5 Å². The van der Waals surface area contributed by atoms with Gasteiger partial charge in [0, 0.05) is 0 Å². The summed E-state index contributed by atoms with van der Waals surface area (Å²) < 4.78 is 39.2. The van der Waals surface area contributed by atoms with Crippen molar-refractivity contribution in [3.8, 4) is 0 Å². The van der Waals surface area contributed by atoms with E-state index in [2.05, 4.69) is 0 Å². The third-order valence-corrected chi connectivity index (χ3v) is 2.99. The Kier molecular flexibility index (Phi) is 4.22. The van der Waals surface area contributed by atoms with Crippen LogP contribution in [-0.2, 0) is 6.42 Å². The number of halogens is 3. The summed E-state index contributed by atoms with van der Waals surface area (Å²) in [6, 6.07) is 11.0. The Morgan fingerprint density at radius 3 is 2.26 bits per heavy atom. The van der Waals surface area contributed by atoms with Crippen molar-refractivity contribution in [2.75, 3.05) is 0 Å². The van der Waals surface area contributed by atoms with Gasteiger partial charge in [0.15, 0.2) is 17.5 Å². The normalized spacial score (nSPS) is 12.4. The molecule has 0 heterocycles. The van der Waals surface area contributed by atoms with Gasteiger partial charge in [-0.3, -0.25) is 0 Å². The van der Waals surface area contributed by atoms with Crippen molar-refractivity contribution >= 4 is 0 Å². The van der Waals surface area contributed by atoms with Gasteiger partial charge in [-0.25, -0.2) is 13.2 Å². The highest BCUT2D eigenvalue weighted by atomic mass is 19.2. The average molecular weight is 266 g/mol. The lowest BCUT2D eigenvalue weighted by Crippen LogP contribution is -2.03. The second-order valence-corrected chi connectivity index (χ2v) is 4.30. The molecule has 1 nitrogen and oxygen atoms in total. The number of aryl methyl sites for hydroxylation is 1. The van der Waals surface area contributed by atoms with E-state index in [1.165, 1.54) is 6.07 Å². The monoisotopic (exact) mass is 266 g/mol. The molecule has 0 aliphatic carbocycles. The topological polar surface area (TPSA) is 20.2 Å². The van der Waals surface area contributed by atoms with E-state index in [1.807, 2.05) is 6.07 Å². The summed E-state index contributed by atoms with van der Waals surface area (Å²) in [6.07, 6.45) is -0.376. The lowest BCUT2D eigenvalue weighted by atomic mass is 10.0. The van der Waals surface area contributed by atoms with E-state index >= 15 is 0 Å². The van der Waals surface area contributed by atoms with Gasteiger partial charge in [0.05, 0.1) is 6.10 Å². The molecule has 0 aliphatic heterocycles. The third kappa shape index (κ3) is 3.15. The molecule has 2 aromatic carbocycles. The highest BCUT2D eigenvalue weighted by molar-refractivity contribution is 5.22. The predicted molar refractivity (Wildman–Crippen MR) is 66.0 cm³/mol. The SMILES string of the molecule is OC(CCc1ccc(F)c(F)c1F)c1ccccc1.